The Morgan fingerprint density at radius 2 is 1.96 bits per heavy atom. The quantitative estimate of drug-likeness (QED) is 0.559. The maximum Gasteiger partial charge on any atom is 0.349 e. The molecule has 0 saturated heterocycles. The summed E-state index contributed by atoms with van der Waals surface area (Å²) in [7, 11) is 0. The van der Waals surface area contributed by atoms with Crippen molar-refractivity contribution in [1.82, 2.24) is 20.3 Å². The summed E-state index contributed by atoms with van der Waals surface area (Å²) in [5, 5.41) is 5.86. The van der Waals surface area contributed by atoms with E-state index < -0.39 is 11.5 Å². The molecule has 8 heteroatoms. The minimum absolute atomic E-state index is 0.0365. The van der Waals surface area contributed by atoms with Gasteiger partial charge in [0.25, 0.3) is 5.91 Å². The van der Waals surface area contributed by atoms with E-state index in [1.807, 2.05) is 11.4 Å². The number of hydrogen-bond acceptors (Lipinski definition) is 7. The van der Waals surface area contributed by atoms with Gasteiger partial charge in [-0.05, 0) is 18.2 Å². The summed E-state index contributed by atoms with van der Waals surface area (Å²) in [4.78, 5) is 37.0. The number of nitrogens with zero attached hydrogens (tertiary/aromatic N) is 3. The van der Waals surface area contributed by atoms with Crippen molar-refractivity contribution in [2.24, 2.45) is 0 Å². The van der Waals surface area contributed by atoms with E-state index in [4.69, 9.17) is 4.42 Å². The summed E-state index contributed by atoms with van der Waals surface area (Å²) in [6, 6.07) is 10.3. The molecule has 0 aliphatic heterocycles. The Morgan fingerprint density at radius 3 is 2.81 bits per heavy atom. The molecule has 3 aromatic heterocycles. The fraction of sp³-hybridized carbons (Fsp3) is 0.0556. The van der Waals surface area contributed by atoms with Crippen LogP contribution in [0.2, 0.25) is 0 Å². The number of fused-ring (bicyclic) bond motifs is 1. The first kappa shape index (κ1) is 16.1. The number of nitrogens with one attached hydrogen (secondary N) is 1. The van der Waals surface area contributed by atoms with Crippen molar-refractivity contribution in [3.05, 3.63) is 75.8 Å². The van der Waals surface area contributed by atoms with Gasteiger partial charge in [-0.2, -0.15) is 0 Å². The molecule has 3 heterocycles. The van der Waals surface area contributed by atoms with Crippen LogP contribution in [-0.4, -0.2) is 20.9 Å². The lowest BCUT2D eigenvalue weighted by Crippen LogP contribution is -2.27. The van der Waals surface area contributed by atoms with Gasteiger partial charge in [0.05, 0.1) is 12.2 Å². The van der Waals surface area contributed by atoms with Crippen molar-refractivity contribution >= 4 is 28.2 Å². The van der Waals surface area contributed by atoms with Crippen molar-refractivity contribution in [2.75, 3.05) is 0 Å². The summed E-state index contributed by atoms with van der Waals surface area (Å²) in [5.74, 6) is 0.0280. The second-order valence-electron chi connectivity index (χ2n) is 5.38. The van der Waals surface area contributed by atoms with Gasteiger partial charge < -0.3 is 9.73 Å². The van der Waals surface area contributed by atoms with Gasteiger partial charge in [0.1, 0.15) is 11.1 Å². The van der Waals surface area contributed by atoms with Gasteiger partial charge in [-0.15, -0.1) is 11.3 Å². The molecular weight excluding hydrogens is 352 g/mol. The maximum atomic E-state index is 12.3. The normalized spacial score (nSPS) is 10.8. The SMILES string of the molecule is O=C(NCc1csc(-c2ncccn2)n1)c1cc2ccccc2oc1=O. The summed E-state index contributed by atoms with van der Waals surface area (Å²) < 4.78 is 5.18. The second-order valence-corrected chi connectivity index (χ2v) is 6.24. The molecule has 0 aliphatic rings. The molecule has 1 amide bonds. The number of para-hydroxylation sites is 1. The first-order valence-electron chi connectivity index (χ1n) is 7.73. The standard InChI is InChI=1S/C18H12N4O3S/c23-16(13-8-11-4-1-2-5-14(11)25-18(13)24)21-9-12-10-26-17(22-12)15-19-6-3-7-20-15/h1-8,10H,9H2,(H,21,23). The van der Waals surface area contributed by atoms with Crippen LogP contribution >= 0.6 is 11.3 Å². The molecule has 4 rings (SSSR count). The first-order valence-corrected chi connectivity index (χ1v) is 8.61. The lowest BCUT2D eigenvalue weighted by Gasteiger charge is -2.03. The van der Waals surface area contributed by atoms with E-state index in [9.17, 15) is 9.59 Å². The van der Waals surface area contributed by atoms with Crippen LogP contribution < -0.4 is 10.9 Å². The van der Waals surface area contributed by atoms with Gasteiger partial charge in [-0.25, -0.2) is 19.7 Å². The first-order chi connectivity index (χ1) is 12.7. The van der Waals surface area contributed by atoms with Crippen LogP contribution in [0.25, 0.3) is 21.8 Å². The highest BCUT2D eigenvalue weighted by Crippen LogP contribution is 2.19. The third-order valence-electron chi connectivity index (χ3n) is 3.62. The zero-order chi connectivity index (χ0) is 17.9. The van der Waals surface area contributed by atoms with Crippen LogP contribution in [0, 0.1) is 0 Å². The van der Waals surface area contributed by atoms with E-state index in [0.717, 1.165) is 0 Å². The van der Waals surface area contributed by atoms with Gasteiger partial charge in [0.15, 0.2) is 10.8 Å². The molecule has 0 spiro atoms. The molecule has 7 nitrogen and oxygen atoms in total. The van der Waals surface area contributed by atoms with E-state index >= 15 is 0 Å². The zero-order valence-electron chi connectivity index (χ0n) is 13.4. The lowest BCUT2D eigenvalue weighted by molar-refractivity contribution is 0.0947. The molecular formula is C18H12N4O3S. The molecule has 0 atom stereocenters. The number of carbonyl (C=O) groups is 1. The highest BCUT2D eigenvalue weighted by Gasteiger charge is 2.14. The Kier molecular flexibility index (Phi) is 4.24. The number of carbonyl (C=O) groups excluding carboxylic acids is 1. The number of amides is 1. The van der Waals surface area contributed by atoms with E-state index in [2.05, 4.69) is 20.3 Å². The predicted octanol–water partition coefficient (Wildman–Crippen LogP) is 2.64. The molecule has 0 saturated carbocycles. The van der Waals surface area contributed by atoms with E-state index in [-0.39, 0.29) is 12.1 Å². The maximum absolute atomic E-state index is 12.3. The van der Waals surface area contributed by atoms with Crippen molar-refractivity contribution in [2.45, 2.75) is 6.54 Å². The molecule has 0 unspecified atom stereocenters. The summed E-state index contributed by atoms with van der Waals surface area (Å²) in [6.07, 6.45) is 3.29. The molecule has 0 radical (unpaired) electrons. The summed E-state index contributed by atoms with van der Waals surface area (Å²) >= 11 is 1.39. The Hall–Kier alpha value is -3.39. The monoisotopic (exact) mass is 364 g/mol. The topological polar surface area (TPSA) is 98.0 Å². The molecule has 0 fully saturated rings. The zero-order valence-corrected chi connectivity index (χ0v) is 14.2. The molecule has 1 N–H and O–H groups in total. The van der Waals surface area contributed by atoms with Gasteiger partial charge in [-0.1, -0.05) is 18.2 Å². The van der Waals surface area contributed by atoms with Crippen LogP contribution in [0.15, 0.2) is 63.4 Å². The van der Waals surface area contributed by atoms with Gasteiger partial charge >= 0.3 is 5.63 Å². The minimum atomic E-state index is -0.669. The van der Waals surface area contributed by atoms with Gasteiger partial charge in [-0.3, -0.25) is 4.79 Å². The fourth-order valence-corrected chi connectivity index (χ4v) is 3.15. The van der Waals surface area contributed by atoms with E-state index in [0.29, 0.717) is 27.5 Å². The van der Waals surface area contributed by atoms with Crippen LogP contribution in [0.5, 0.6) is 0 Å². The van der Waals surface area contributed by atoms with Crippen LogP contribution in [-0.2, 0) is 6.54 Å². The van der Waals surface area contributed by atoms with Crippen LogP contribution in [0.4, 0.5) is 0 Å². The highest BCUT2D eigenvalue weighted by molar-refractivity contribution is 7.13. The molecule has 0 aliphatic carbocycles. The number of thiazole rings is 1. The highest BCUT2D eigenvalue weighted by atomic mass is 32.1. The second kappa shape index (κ2) is 6.85. The smallest absolute Gasteiger partial charge is 0.349 e. The molecule has 26 heavy (non-hydrogen) atoms. The Labute approximate surface area is 151 Å². The van der Waals surface area contributed by atoms with Crippen molar-refractivity contribution in [1.29, 1.82) is 0 Å². The lowest BCUT2D eigenvalue weighted by atomic mass is 10.2. The average Bonchev–Trinajstić information content (AvgIpc) is 3.15. The summed E-state index contributed by atoms with van der Waals surface area (Å²) in [6.45, 7) is 0.189. The number of rotatable bonds is 4. The Balaban J connectivity index is 1.50. The number of aromatic nitrogens is 3. The Morgan fingerprint density at radius 1 is 1.15 bits per heavy atom. The third-order valence-corrected chi connectivity index (χ3v) is 4.51. The molecule has 128 valence electrons. The third kappa shape index (κ3) is 3.22. The average molecular weight is 364 g/mol. The molecule has 1 aromatic carbocycles. The van der Waals surface area contributed by atoms with Crippen molar-refractivity contribution < 1.29 is 9.21 Å². The minimum Gasteiger partial charge on any atom is -0.422 e. The number of hydrogen-bond donors (Lipinski definition) is 1. The Bertz CT molecular complexity index is 1140. The number of benzene rings is 1. The molecule has 4 aromatic rings. The van der Waals surface area contributed by atoms with Gasteiger partial charge in [0, 0.05) is 23.2 Å². The van der Waals surface area contributed by atoms with E-state index in [1.54, 1.807) is 36.7 Å². The fourth-order valence-electron chi connectivity index (χ4n) is 2.39. The van der Waals surface area contributed by atoms with Crippen molar-refractivity contribution in [3.8, 4) is 10.8 Å². The predicted molar refractivity (Wildman–Crippen MR) is 96.8 cm³/mol. The molecule has 0 bridgehead atoms. The van der Waals surface area contributed by atoms with Gasteiger partial charge in [0.2, 0.25) is 0 Å². The van der Waals surface area contributed by atoms with Crippen molar-refractivity contribution in [3.63, 3.8) is 0 Å². The largest absolute Gasteiger partial charge is 0.422 e. The van der Waals surface area contributed by atoms with Crippen LogP contribution in [0.1, 0.15) is 16.1 Å². The van der Waals surface area contributed by atoms with E-state index in [1.165, 1.54) is 17.4 Å². The van der Waals surface area contributed by atoms with Crippen LogP contribution in [0.3, 0.4) is 0 Å². The summed E-state index contributed by atoms with van der Waals surface area (Å²) in [5.41, 5.74) is 0.403.